The first-order valence-electron chi connectivity index (χ1n) is 11.5. The largest absolute Gasteiger partial charge is 0.493 e. The molecule has 3 aromatic carbocycles. The number of nitrogens with one attached hydrogen (secondary N) is 2. The maximum absolute atomic E-state index is 12.8. The fourth-order valence-electron chi connectivity index (χ4n) is 3.63. The van der Waals surface area contributed by atoms with Crippen LogP contribution >= 0.6 is 15.9 Å². The molecule has 0 aromatic heterocycles. The highest BCUT2D eigenvalue weighted by molar-refractivity contribution is 9.10. The predicted octanol–water partition coefficient (Wildman–Crippen LogP) is 6.25. The van der Waals surface area contributed by atoms with Gasteiger partial charge in [0.05, 0.1) is 11.6 Å². The molecule has 0 atom stereocenters. The van der Waals surface area contributed by atoms with Gasteiger partial charge in [-0.1, -0.05) is 29.8 Å². The highest BCUT2D eigenvalue weighted by Gasteiger charge is 2.16. The van der Waals surface area contributed by atoms with Gasteiger partial charge in [-0.25, -0.2) is 0 Å². The van der Waals surface area contributed by atoms with Crippen molar-refractivity contribution in [3.8, 4) is 17.6 Å². The Balaban J connectivity index is 1.76. The van der Waals surface area contributed by atoms with Gasteiger partial charge < -0.3 is 20.1 Å². The Bertz CT molecular complexity index is 1420. The second-order valence-corrected chi connectivity index (χ2v) is 9.42. The van der Waals surface area contributed by atoms with Gasteiger partial charge in [-0.2, -0.15) is 5.26 Å². The van der Waals surface area contributed by atoms with Crippen molar-refractivity contribution in [3.63, 3.8) is 0 Å². The first kappa shape index (κ1) is 27.5. The normalized spacial score (nSPS) is 10.9. The van der Waals surface area contributed by atoms with Crippen molar-refractivity contribution in [2.24, 2.45) is 0 Å². The lowest BCUT2D eigenvalue weighted by atomic mass is 10.1. The van der Waals surface area contributed by atoms with Crippen molar-refractivity contribution in [3.05, 3.63) is 86.4 Å². The van der Waals surface area contributed by atoms with E-state index in [0.717, 1.165) is 22.3 Å². The van der Waals surface area contributed by atoms with E-state index in [0.29, 0.717) is 32.9 Å². The Morgan fingerprint density at radius 1 is 1.00 bits per heavy atom. The van der Waals surface area contributed by atoms with E-state index in [9.17, 15) is 14.9 Å². The summed E-state index contributed by atoms with van der Waals surface area (Å²) in [4.78, 5) is 25.2. The zero-order chi connectivity index (χ0) is 27.1. The number of ether oxygens (including phenoxy) is 2. The second-order valence-electron chi connectivity index (χ2n) is 8.56. The number of aryl methyl sites for hydroxylation is 3. The molecule has 3 rings (SSSR count). The molecule has 190 valence electrons. The molecule has 0 heterocycles. The van der Waals surface area contributed by atoms with Gasteiger partial charge >= 0.3 is 0 Å². The summed E-state index contributed by atoms with van der Waals surface area (Å²) in [6.45, 7) is 7.53. The number of halogens is 1. The molecule has 8 heteroatoms. The summed E-state index contributed by atoms with van der Waals surface area (Å²) < 4.78 is 11.7. The first-order chi connectivity index (χ1) is 17.6. The lowest BCUT2D eigenvalue weighted by Gasteiger charge is -2.14. The topological polar surface area (TPSA) is 100 Å². The molecule has 0 spiro atoms. The standard InChI is InChI=1S/C29H28BrN3O4/c1-17-9-10-24(19(3)11-17)32-27(34)16-37-28-23(30)13-21(14-26(28)36-5)12-22(15-31)29(35)33-25-8-6-7-18(2)20(25)4/h6-14H,16H2,1-5H3,(H,32,34)(H,33,35)/b22-12-. The number of amides is 2. The van der Waals surface area contributed by atoms with Crippen molar-refractivity contribution in [2.45, 2.75) is 27.7 Å². The summed E-state index contributed by atoms with van der Waals surface area (Å²) in [5.74, 6) is -0.171. The predicted molar refractivity (Wildman–Crippen MR) is 149 cm³/mol. The lowest BCUT2D eigenvalue weighted by molar-refractivity contribution is -0.118. The molecule has 0 bridgehead atoms. The van der Waals surface area contributed by atoms with E-state index >= 15 is 0 Å². The Hall–Kier alpha value is -4.09. The molecular weight excluding hydrogens is 534 g/mol. The van der Waals surface area contributed by atoms with Gasteiger partial charge in [-0.3, -0.25) is 9.59 Å². The van der Waals surface area contributed by atoms with E-state index in [2.05, 4.69) is 26.6 Å². The minimum Gasteiger partial charge on any atom is -0.493 e. The number of nitriles is 1. The number of methoxy groups -OCH3 is 1. The summed E-state index contributed by atoms with van der Waals surface area (Å²) in [6, 6.07) is 16.6. The SMILES string of the molecule is COc1cc(/C=C(/C#N)C(=O)Nc2cccc(C)c2C)cc(Br)c1OCC(=O)Nc1ccc(C)cc1C. The van der Waals surface area contributed by atoms with Crippen LogP contribution in [0, 0.1) is 39.0 Å². The smallest absolute Gasteiger partial charge is 0.266 e. The monoisotopic (exact) mass is 561 g/mol. The summed E-state index contributed by atoms with van der Waals surface area (Å²) >= 11 is 3.45. The molecule has 2 amide bonds. The minimum atomic E-state index is -0.519. The maximum atomic E-state index is 12.8. The summed E-state index contributed by atoms with van der Waals surface area (Å²) in [7, 11) is 1.47. The fourth-order valence-corrected chi connectivity index (χ4v) is 4.21. The lowest BCUT2D eigenvalue weighted by Crippen LogP contribution is -2.21. The Morgan fingerprint density at radius 2 is 1.76 bits per heavy atom. The van der Waals surface area contributed by atoms with Crippen LogP contribution in [-0.2, 0) is 9.59 Å². The number of benzene rings is 3. The zero-order valence-electron chi connectivity index (χ0n) is 21.4. The van der Waals surface area contributed by atoms with Crippen molar-refractivity contribution in [1.82, 2.24) is 0 Å². The van der Waals surface area contributed by atoms with Crippen LogP contribution in [0.1, 0.15) is 27.8 Å². The van der Waals surface area contributed by atoms with Crippen molar-refractivity contribution in [2.75, 3.05) is 24.4 Å². The molecule has 3 aromatic rings. The van der Waals surface area contributed by atoms with E-state index in [1.807, 2.05) is 64.1 Å². The molecule has 0 saturated heterocycles. The van der Waals surface area contributed by atoms with Crippen LogP contribution in [0.5, 0.6) is 11.5 Å². The number of carbonyl (C=O) groups is 2. The van der Waals surface area contributed by atoms with Gasteiger partial charge in [-0.15, -0.1) is 0 Å². The van der Waals surface area contributed by atoms with Gasteiger partial charge in [-0.05, 0) is 96.2 Å². The molecule has 0 aliphatic rings. The van der Waals surface area contributed by atoms with Crippen LogP contribution in [0.4, 0.5) is 11.4 Å². The van der Waals surface area contributed by atoms with Crippen molar-refractivity contribution >= 4 is 45.2 Å². The van der Waals surface area contributed by atoms with Crippen LogP contribution in [-0.4, -0.2) is 25.5 Å². The van der Waals surface area contributed by atoms with Crippen LogP contribution in [0.3, 0.4) is 0 Å². The van der Waals surface area contributed by atoms with E-state index in [4.69, 9.17) is 9.47 Å². The molecule has 2 N–H and O–H groups in total. The van der Waals surface area contributed by atoms with E-state index in [-0.39, 0.29) is 18.1 Å². The van der Waals surface area contributed by atoms with Crippen LogP contribution in [0.15, 0.2) is 58.6 Å². The van der Waals surface area contributed by atoms with Gasteiger partial charge in [0.1, 0.15) is 11.6 Å². The zero-order valence-corrected chi connectivity index (χ0v) is 22.9. The number of hydrogen-bond acceptors (Lipinski definition) is 5. The molecule has 0 radical (unpaired) electrons. The van der Waals surface area contributed by atoms with Crippen molar-refractivity contribution in [1.29, 1.82) is 5.26 Å². The average Bonchev–Trinajstić information content (AvgIpc) is 2.86. The highest BCUT2D eigenvalue weighted by Crippen LogP contribution is 2.37. The third-order valence-electron chi connectivity index (χ3n) is 5.78. The number of anilines is 2. The van der Waals surface area contributed by atoms with E-state index < -0.39 is 5.91 Å². The summed E-state index contributed by atoms with van der Waals surface area (Å²) in [6.07, 6.45) is 1.46. The quantitative estimate of drug-likeness (QED) is 0.250. The molecule has 37 heavy (non-hydrogen) atoms. The summed E-state index contributed by atoms with van der Waals surface area (Å²) in [5, 5.41) is 15.3. The van der Waals surface area contributed by atoms with Crippen molar-refractivity contribution < 1.29 is 19.1 Å². The Kier molecular flexibility index (Phi) is 9.10. The maximum Gasteiger partial charge on any atom is 0.266 e. The molecular formula is C29H28BrN3O4. The van der Waals surface area contributed by atoms with E-state index in [1.54, 1.807) is 18.2 Å². The summed E-state index contributed by atoms with van der Waals surface area (Å²) in [5.41, 5.74) is 5.87. The molecule has 0 fully saturated rings. The van der Waals surface area contributed by atoms with Crippen LogP contribution < -0.4 is 20.1 Å². The van der Waals surface area contributed by atoms with Gasteiger partial charge in [0.15, 0.2) is 18.1 Å². The second kappa shape index (κ2) is 12.2. The molecule has 0 aliphatic heterocycles. The molecule has 0 saturated carbocycles. The third kappa shape index (κ3) is 6.99. The molecule has 0 unspecified atom stereocenters. The number of hydrogen-bond donors (Lipinski definition) is 2. The minimum absolute atomic E-state index is 0.0728. The number of carbonyl (C=O) groups excluding carboxylic acids is 2. The first-order valence-corrected chi connectivity index (χ1v) is 12.3. The Morgan fingerprint density at radius 3 is 2.43 bits per heavy atom. The van der Waals surface area contributed by atoms with Gasteiger partial charge in [0, 0.05) is 11.4 Å². The highest BCUT2D eigenvalue weighted by atomic mass is 79.9. The Labute approximate surface area is 225 Å². The number of rotatable bonds is 8. The van der Waals surface area contributed by atoms with Crippen LogP contribution in [0.2, 0.25) is 0 Å². The van der Waals surface area contributed by atoms with E-state index in [1.165, 1.54) is 13.2 Å². The van der Waals surface area contributed by atoms with Crippen LogP contribution in [0.25, 0.3) is 6.08 Å². The third-order valence-corrected chi connectivity index (χ3v) is 6.37. The van der Waals surface area contributed by atoms with Gasteiger partial charge in [0.25, 0.3) is 11.8 Å². The molecule has 7 nitrogen and oxygen atoms in total. The average molecular weight is 562 g/mol. The fraction of sp³-hybridized carbons (Fsp3) is 0.207. The van der Waals surface area contributed by atoms with Gasteiger partial charge in [0.2, 0.25) is 0 Å². The molecule has 0 aliphatic carbocycles. The number of nitrogens with zero attached hydrogens (tertiary/aromatic N) is 1.